The number of carbonyl (C=O) groups is 1. The molecule has 4 rings (SSSR count). The van der Waals surface area contributed by atoms with Crippen molar-refractivity contribution in [3.63, 3.8) is 0 Å². The molecule has 1 saturated heterocycles. The lowest BCUT2D eigenvalue weighted by atomic mass is 9.72. The summed E-state index contributed by atoms with van der Waals surface area (Å²) in [5.41, 5.74) is 3.65. The fraction of sp³-hybridized carbons (Fsp3) is 0.412. The topological polar surface area (TPSA) is 69.1 Å². The van der Waals surface area contributed by atoms with Crippen molar-refractivity contribution in [1.29, 1.82) is 5.26 Å². The summed E-state index contributed by atoms with van der Waals surface area (Å²) in [6, 6.07) is 6.38. The van der Waals surface area contributed by atoms with Gasteiger partial charge in [-0.15, -0.1) is 0 Å². The zero-order chi connectivity index (χ0) is 15.3. The number of benzene rings is 1. The van der Waals surface area contributed by atoms with E-state index < -0.39 is 0 Å². The van der Waals surface area contributed by atoms with E-state index in [1.807, 2.05) is 12.3 Å². The zero-order valence-corrected chi connectivity index (χ0v) is 12.4. The average molecular weight is 295 g/mol. The van der Waals surface area contributed by atoms with Gasteiger partial charge < -0.3 is 14.6 Å². The van der Waals surface area contributed by atoms with Crippen LogP contribution >= 0.6 is 0 Å². The van der Waals surface area contributed by atoms with Gasteiger partial charge in [0.15, 0.2) is 6.19 Å². The molecule has 2 aliphatic rings. The van der Waals surface area contributed by atoms with E-state index >= 15 is 0 Å². The molecule has 2 heterocycles. The molecule has 2 aromatic rings. The Morgan fingerprint density at radius 2 is 2.36 bits per heavy atom. The molecule has 1 aromatic carbocycles. The van der Waals surface area contributed by atoms with Crippen molar-refractivity contribution < 1.29 is 9.53 Å². The molecule has 0 amide bonds. The van der Waals surface area contributed by atoms with E-state index in [9.17, 15) is 10.1 Å². The van der Waals surface area contributed by atoms with Gasteiger partial charge in [0.2, 0.25) is 0 Å². The van der Waals surface area contributed by atoms with Crippen molar-refractivity contribution in [2.45, 2.75) is 24.8 Å². The van der Waals surface area contributed by atoms with Crippen LogP contribution in [0.3, 0.4) is 0 Å². The third-order valence-corrected chi connectivity index (χ3v) is 5.13. The normalized spacial score (nSPS) is 26.4. The Kier molecular flexibility index (Phi) is 2.86. The molecule has 1 unspecified atom stereocenters. The highest BCUT2D eigenvalue weighted by Gasteiger charge is 2.43. The lowest BCUT2D eigenvalue weighted by Crippen LogP contribution is -2.49. The first kappa shape index (κ1) is 13.2. The number of hydrogen-bond acceptors (Lipinski definition) is 4. The number of esters is 1. The molecule has 22 heavy (non-hydrogen) atoms. The SMILES string of the molecule is COC(=O)C1C[C@@H]2c3cccc4[nH]cc(c34)C[C@H]2N(C#N)C1. The van der Waals surface area contributed by atoms with Gasteiger partial charge in [-0.3, -0.25) is 4.79 Å². The molecule has 1 aromatic heterocycles. The van der Waals surface area contributed by atoms with Gasteiger partial charge >= 0.3 is 5.97 Å². The summed E-state index contributed by atoms with van der Waals surface area (Å²) in [6.45, 7) is 0.458. The first-order chi connectivity index (χ1) is 10.7. The molecule has 0 radical (unpaired) electrons. The predicted molar refractivity (Wildman–Crippen MR) is 81.0 cm³/mol. The molecule has 0 spiro atoms. The second kappa shape index (κ2) is 4.77. The van der Waals surface area contributed by atoms with E-state index in [0.717, 1.165) is 18.4 Å². The molecule has 1 fully saturated rings. The smallest absolute Gasteiger partial charge is 0.310 e. The second-order valence-electron chi connectivity index (χ2n) is 6.17. The maximum Gasteiger partial charge on any atom is 0.310 e. The van der Waals surface area contributed by atoms with Gasteiger partial charge in [0, 0.05) is 29.6 Å². The number of likely N-dealkylation sites (tertiary alicyclic amines) is 1. The number of hydrogen-bond donors (Lipinski definition) is 1. The number of H-pyrrole nitrogens is 1. The molecule has 3 atom stereocenters. The van der Waals surface area contributed by atoms with Gasteiger partial charge in [-0.1, -0.05) is 12.1 Å². The number of carbonyl (C=O) groups excluding carboxylic acids is 1. The second-order valence-corrected chi connectivity index (χ2v) is 6.17. The lowest BCUT2D eigenvalue weighted by Gasteiger charge is -2.43. The molecule has 0 bridgehead atoms. The van der Waals surface area contributed by atoms with E-state index in [1.165, 1.54) is 23.6 Å². The van der Waals surface area contributed by atoms with Crippen LogP contribution in [0.4, 0.5) is 0 Å². The van der Waals surface area contributed by atoms with Gasteiger partial charge in [0.25, 0.3) is 0 Å². The van der Waals surface area contributed by atoms with Crippen LogP contribution in [0, 0.1) is 17.4 Å². The number of piperidine rings is 1. The van der Waals surface area contributed by atoms with E-state index in [2.05, 4.69) is 23.3 Å². The summed E-state index contributed by atoms with van der Waals surface area (Å²) in [5.74, 6) is -0.253. The van der Waals surface area contributed by atoms with Crippen LogP contribution in [0.15, 0.2) is 24.4 Å². The number of nitriles is 1. The standard InChI is InChI=1S/C17H17N3O2/c1-22-17(21)11-5-13-12-3-2-4-14-16(12)10(7-19-14)6-15(13)20(8-11)9-18/h2-4,7,11,13,15,19H,5-6,8H2,1H3/t11?,13-,15-/m1/s1. The fourth-order valence-electron chi connectivity index (χ4n) is 4.15. The van der Waals surface area contributed by atoms with E-state index in [1.54, 1.807) is 4.90 Å². The Morgan fingerprint density at radius 3 is 3.14 bits per heavy atom. The van der Waals surface area contributed by atoms with Crippen LogP contribution in [0.2, 0.25) is 0 Å². The van der Waals surface area contributed by atoms with Crippen molar-refractivity contribution >= 4 is 16.9 Å². The molecule has 1 N–H and O–H groups in total. The molecular formula is C17H17N3O2. The quantitative estimate of drug-likeness (QED) is 0.646. The van der Waals surface area contributed by atoms with Crippen LogP contribution in [-0.2, 0) is 16.0 Å². The summed E-state index contributed by atoms with van der Waals surface area (Å²) in [6.07, 6.45) is 5.93. The summed E-state index contributed by atoms with van der Waals surface area (Å²) in [5, 5.41) is 10.8. The maximum absolute atomic E-state index is 12.0. The predicted octanol–water partition coefficient (Wildman–Crippen LogP) is 2.15. The number of nitrogens with one attached hydrogen (secondary N) is 1. The van der Waals surface area contributed by atoms with Gasteiger partial charge in [-0.05, 0) is 30.0 Å². The van der Waals surface area contributed by atoms with E-state index in [-0.39, 0.29) is 23.8 Å². The van der Waals surface area contributed by atoms with E-state index in [4.69, 9.17) is 4.74 Å². The van der Waals surface area contributed by atoms with Crippen LogP contribution in [0.25, 0.3) is 10.9 Å². The van der Waals surface area contributed by atoms with E-state index in [0.29, 0.717) is 6.54 Å². The third kappa shape index (κ3) is 1.73. The number of ether oxygens (including phenoxy) is 1. The van der Waals surface area contributed by atoms with Gasteiger partial charge in [-0.2, -0.15) is 5.26 Å². The summed E-state index contributed by atoms with van der Waals surface area (Å²) in [7, 11) is 1.41. The Labute approximate surface area is 128 Å². The number of methoxy groups -OCH3 is 1. The summed E-state index contributed by atoms with van der Waals surface area (Å²) < 4.78 is 4.91. The number of aromatic nitrogens is 1. The summed E-state index contributed by atoms with van der Waals surface area (Å²) >= 11 is 0. The lowest BCUT2D eigenvalue weighted by molar-refractivity contribution is -0.147. The maximum atomic E-state index is 12.0. The van der Waals surface area contributed by atoms with Crippen molar-refractivity contribution in [2.24, 2.45) is 5.92 Å². The minimum atomic E-state index is -0.235. The Balaban J connectivity index is 1.82. The molecule has 0 saturated carbocycles. The highest BCUT2D eigenvalue weighted by molar-refractivity contribution is 5.88. The van der Waals surface area contributed by atoms with Crippen molar-refractivity contribution in [3.05, 3.63) is 35.5 Å². The first-order valence-corrected chi connectivity index (χ1v) is 7.56. The molecule has 5 heteroatoms. The molecule has 1 aliphatic carbocycles. The van der Waals surface area contributed by atoms with Gasteiger partial charge in [-0.25, -0.2) is 0 Å². The zero-order valence-electron chi connectivity index (χ0n) is 12.4. The molecular weight excluding hydrogens is 278 g/mol. The highest BCUT2D eigenvalue weighted by atomic mass is 16.5. The number of aromatic amines is 1. The van der Waals surface area contributed by atoms with Crippen LogP contribution in [0.1, 0.15) is 23.5 Å². The first-order valence-electron chi connectivity index (χ1n) is 7.56. The molecule has 5 nitrogen and oxygen atoms in total. The minimum absolute atomic E-state index is 0.139. The number of rotatable bonds is 1. The highest BCUT2D eigenvalue weighted by Crippen LogP contribution is 2.44. The minimum Gasteiger partial charge on any atom is -0.469 e. The third-order valence-electron chi connectivity index (χ3n) is 5.13. The van der Waals surface area contributed by atoms with Crippen molar-refractivity contribution in [1.82, 2.24) is 9.88 Å². The average Bonchev–Trinajstić information content (AvgIpc) is 2.98. The van der Waals surface area contributed by atoms with Crippen LogP contribution in [-0.4, -0.2) is 35.5 Å². The Morgan fingerprint density at radius 1 is 1.50 bits per heavy atom. The largest absolute Gasteiger partial charge is 0.469 e. The van der Waals surface area contributed by atoms with Gasteiger partial charge in [0.1, 0.15) is 0 Å². The van der Waals surface area contributed by atoms with Crippen molar-refractivity contribution in [3.8, 4) is 6.19 Å². The Hall–Kier alpha value is -2.48. The van der Waals surface area contributed by atoms with Crippen LogP contribution in [0.5, 0.6) is 0 Å². The summed E-state index contributed by atoms with van der Waals surface area (Å²) in [4.78, 5) is 17.1. The Bertz CT molecular complexity index is 789. The van der Waals surface area contributed by atoms with Gasteiger partial charge in [0.05, 0.1) is 19.1 Å². The monoisotopic (exact) mass is 295 g/mol. The number of fused-ring (bicyclic) bond motifs is 2. The van der Waals surface area contributed by atoms with Crippen molar-refractivity contribution in [2.75, 3.05) is 13.7 Å². The molecule has 112 valence electrons. The fourth-order valence-corrected chi connectivity index (χ4v) is 4.15. The van der Waals surface area contributed by atoms with Crippen LogP contribution < -0.4 is 0 Å². The molecule has 1 aliphatic heterocycles. The number of nitrogens with zero attached hydrogens (tertiary/aromatic N) is 2.